The Labute approximate surface area is 185 Å². The summed E-state index contributed by atoms with van der Waals surface area (Å²) in [4.78, 5) is 28.2. The van der Waals surface area contributed by atoms with Gasteiger partial charge in [-0.1, -0.05) is 30.3 Å². The van der Waals surface area contributed by atoms with Crippen molar-refractivity contribution in [3.8, 4) is 6.07 Å². The van der Waals surface area contributed by atoms with Crippen molar-refractivity contribution in [3.63, 3.8) is 0 Å². The molecule has 0 saturated heterocycles. The van der Waals surface area contributed by atoms with E-state index in [1.807, 2.05) is 32.6 Å². The molecule has 0 saturated carbocycles. The van der Waals surface area contributed by atoms with Crippen LogP contribution >= 0.6 is 9.47 Å². The number of ketones is 2. The largest absolute Gasteiger partial charge is 0.332 e. The van der Waals surface area contributed by atoms with Crippen LogP contribution in [0.1, 0.15) is 71.5 Å². The van der Waals surface area contributed by atoms with Crippen LogP contribution in [0.2, 0.25) is 0 Å². The second-order valence-corrected chi connectivity index (χ2v) is 8.25. The lowest BCUT2D eigenvalue weighted by molar-refractivity contribution is -0.297. The molecule has 0 aliphatic heterocycles. The van der Waals surface area contributed by atoms with Gasteiger partial charge < -0.3 is 9.26 Å². The van der Waals surface area contributed by atoms with Crippen LogP contribution in [0.4, 0.5) is 0 Å². The predicted molar refractivity (Wildman–Crippen MR) is 121 cm³/mol. The number of ether oxygens (including phenoxy) is 1. The van der Waals surface area contributed by atoms with E-state index < -0.39 is 5.91 Å². The molecule has 0 bridgehead atoms. The van der Waals surface area contributed by atoms with E-state index in [9.17, 15) is 9.59 Å². The second-order valence-electron chi connectivity index (χ2n) is 8.02. The van der Waals surface area contributed by atoms with Crippen LogP contribution < -0.4 is 0 Å². The average Bonchev–Trinajstić information content (AvgIpc) is 2.76. The molecule has 0 spiro atoms. The molecule has 6 nitrogen and oxygen atoms in total. The third kappa shape index (κ3) is 4.07. The molecule has 0 amide bonds. The maximum Gasteiger partial charge on any atom is 0.261 e. The van der Waals surface area contributed by atoms with Gasteiger partial charge in [-0.3, -0.25) is 9.59 Å². The number of carbonyl (C=O) groups is 2. The number of hydrogen-bond donors (Lipinski definition) is 0. The molecule has 2 aromatic carbocycles. The number of carbonyl (C=O) groups excluding carboxylic acids is 2. The van der Waals surface area contributed by atoms with Gasteiger partial charge in [0.05, 0.1) is 19.1 Å². The zero-order valence-electron chi connectivity index (χ0n) is 18.2. The van der Waals surface area contributed by atoms with E-state index in [-0.39, 0.29) is 36.7 Å². The lowest BCUT2D eigenvalue weighted by Crippen LogP contribution is -2.55. The van der Waals surface area contributed by atoms with Crippen molar-refractivity contribution in [2.75, 3.05) is 6.61 Å². The molecular formula is C24H27N2O4P. The fourth-order valence-electron chi connectivity index (χ4n) is 4.28. The molecule has 0 heterocycles. The summed E-state index contributed by atoms with van der Waals surface area (Å²) in [5.41, 5.74) is 2.08. The molecule has 2 unspecified atom stereocenters. The maximum atomic E-state index is 13.2. The minimum Gasteiger partial charge on any atom is -0.332 e. The van der Waals surface area contributed by atoms with Crippen LogP contribution in [0.15, 0.2) is 42.5 Å². The molecule has 2 aromatic rings. The van der Waals surface area contributed by atoms with Gasteiger partial charge in [-0.25, -0.2) is 4.90 Å². The summed E-state index contributed by atoms with van der Waals surface area (Å²) >= 11 is 0. The van der Waals surface area contributed by atoms with E-state index in [1.54, 1.807) is 42.5 Å². The summed E-state index contributed by atoms with van der Waals surface area (Å²) < 4.78 is 12.1. The Balaban J connectivity index is 2.18. The molecular weight excluding hydrogens is 411 g/mol. The lowest BCUT2D eigenvalue weighted by Gasteiger charge is -2.46. The minimum absolute atomic E-state index is 0.0247. The van der Waals surface area contributed by atoms with Crippen molar-refractivity contribution in [2.24, 2.45) is 0 Å². The first kappa shape index (κ1) is 23.2. The molecule has 31 heavy (non-hydrogen) atoms. The Morgan fingerprint density at radius 1 is 0.968 bits per heavy atom. The van der Waals surface area contributed by atoms with Crippen molar-refractivity contribution < 1.29 is 18.8 Å². The zero-order chi connectivity index (χ0) is 22.8. The van der Waals surface area contributed by atoms with Crippen LogP contribution in [0, 0.1) is 11.3 Å². The van der Waals surface area contributed by atoms with E-state index >= 15 is 0 Å². The number of nitrogens with zero attached hydrogens (tertiary/aromatic N) is 2. The summed E-state index contributed by atoms with van der Waals surface area (Å²) in [5, 5.41) is 9.01. The Morgan fingerprint density at radius 2 is 1.52 bits per heavy atom. The molecule has 3 rings (SSSR count). The SMILES string of the molecule is CC(C)N(C(C)C)C(OP)(OCCC#N)c1ccc2c(c1)C(=O)c1ccccc1C2=O. The smallest absolute Gasteiger partial charge is 0.261 e. The molecule has 2 atom stereocenters. The first-order valence-corrected chi connectivity index (χ1v) is 10.8. The van der Waals surface area contributed by atoms with E-state index in [0.717, 1.165) is 0 Å². The van der Waals surface area contributed by atoms with Crippen molar-refractivity contribution in [2.45, 2.75) is 52.1 Å². The average molecular weight is 438 g/mol. The fourth-order valence-corrected chi connectivity index (χ4v) is 4.60. The number of benzene rings is 2. The Kier molecular flexibility index (Phi) is 7.03. The quantitative estimate of drug-likeness (QED) is 0.294. The highest BCUT2D eigenvalue weighted by molar-refractivity contribution is 7.09. The zero-order valence-corrected chi connectivity index (χ0v) is 19.4. The minimum atomic E-state index is -1.35. The number of fused-ring (bicyclic) bond motifs is 2. The highest BCUT2D eigenvalue weighted by atomic mass is 31.0. The van der Waals surface area contributed by atoms with Gasteiger partial charge >= 0.3 is 0 Å². The normalized spacial score (nSPS) is 15.1. The van der Waals surface area contributed by atoms with E-state index in [0.29, 0.717) is 27.8 Å². The molecule has 0 fully saturated rings. The fraction of sp³-hybridized carbons (Fsp3) is 0.375. The summed E-state index contributed by atoms with van der Waals surface area (Å²) in [6.45, 7) is 8.24. The number of rotatable bonds is 8. The highest BCUT2D eigenvalue weighted by Crippen LogP contribution is 2.39. The van der Waals surface area contributed by atoms with Gasteiger partial charge in [0.1, 0.15) is 0 Å². The van der Waals surface area contributed by atoms with Gasteiger partial charge in [0.15, 0.2) is 11.6 Å². The molecule has 0 radical (unpaired) electrons. The highest BCUT2D eigenvalue weighted by Gasteiger charge is 2.44. The van der Waals surface area contributed by atoms with Crippen LogP contribution in [-0.2, 0) is 15.2 Å². The first-order chi connectivity index (χ1) is 14.8. The molecule has 1 aliphatic carbocycles. The van der Waals surface area contributed by atoms with Crippen LogP contribution in [-0.4, -0.2) is 35.2 Å². The van der Waals surface area contributed by atoms with E-state index in [1.165, 1.54) is 0 Å². The lowest BCUT2D eigenvalue weighted by atomic mass is 9.83. The van der Waals surface area contributed by atoms with Crippen LogP contribution in [0.3, 0.4) is 0 Å². The monoisotopic (exact) mass is 438 g/mol. The Morgan fingerprint density at radius 3 is 2.03 bits per heavy atom. The Hall–Kier alpha value is -2.42. The van der Waals surface area contributed by atoms with Crippen molar-refractivity contribution in [3.05, 3.63) is 70.3 Å². The topological polar surface area (TPSA) is 79.6 Å². The van der Waals surface area contributed by atoms with Gasteiger partial charge in [0.2, 0.25) is 0 Å². The molecule has 162 valence electrons. The standard InChI is InChI=1S/C24H27N2O4P/c1-15(2)26(16(3)4)24(30-31,29-13-7-12-25)17-10-11-20-21(14-17)23(28)19-9-6-5-8-18(19)22(20)27/h5-6,8-11,14-16H,7,13,31H2,1-4H3. The van der Waals surface area contributed by atoms with Gasteiger partial charge in [-0.2, -0.15) is 5.26 Å². The van der Waals surface area contributed by atoms with Crippen LogP contribution in [0.5, 0.6) is 0 Å². The summed E-state index contributed by atoms with van der Waals surface area (Å²) in [6.07, 6.45) is 0.190. The summed E-state index contributed by atoms with van der Waals surface area (Å²) in [7, 11) is 2.26. The molecule has 1 aliphatic rings. The van der Waals surface area contributed by atoms with E-state index in [2.05, 4.69) is 15.5 Å². The molecule has 0 aromatic heterocycles. The van der Waals surface area contributed by atoms with Gasteiger partial charge in [0.25, 0.3) is 5.91 Å². The van der Waals surface area contributed by atoms with Crippen LogP contribution in [0.25, 0.3) is 0 Å². The Bertz CT molecular complexity index is 1040. The van der Waals surface area contributed by atoms with Gasteiger partial charge in [-0.05, 0) is 39.8 Å². The number of nitriles is 1. The maximum absolute atomic E-state index is 13.2. The summed E-state index contributed by atoms with van der Waals surface area (Å²) in [6, 6.07) is 14.1. The molecule has 0 N–H and O–H groups in total. The number of hydrogen-bond acceptors (Lipinski definition) is 6. The summed E-state index contributed by atoms with van der Waals surface area (Å²) in [5.74, 6) is -1.73. The van der Waals surface area contributed by atoms with E-state index in [4.69, 9.17) is 14.5 Å². The third-order valence-electron chi connectivity index (χ3n) is 5.41. The molecule has 7 heteroatoms. The van der Waals surface area contributed by atoms with Crippen molar-refractivity contribution >= 4 is 21.0 Å². The van der Waals surface area contributed by atoms with Gasteiger partial charge in [0, 0.05) is 49.4 Å². The van der Waals surface area contributed by atoms with Crippen molar-refractivity contribution in [1.82, 2.24) is 4.90 Å². The van der Waals surface area contributed by atoms with Gasteiger partial charge in [-0.15, -0.1) is 0 Å². The predicted octanol–water partition coefficient (Wildman–Crippen LogP) is 4.43. The second kappa shape index (κ2) is 9.38. The van der Waals surface area contributed by atoms with Crippen molar-refractivity contribution in [1.29, 1.82) is 5.26 Å². The third-order valence-corrected chi connectivity index (χ3v) is 5.73. The first-order valence-electron chi connectivity index (χ1n) is 10.3.